The molecule has 0 radical (unpaired) electrons. The molecule has 3 aromatic rings. The van der Waals surface area contributed by atoms with Gasteiger partial charge in [0.2, 0.25) is 0 Å². The number of nitriles is 1. The number of nitro benzene ring substituents is 1. The number of halogens is 2. The van der Waals surface area contributed by atoms with Gasteiger partial charge in [-0.2, -0.15) is 5.26 Å². The fourth-order valence-electron chi connectivity index (χ4n) is 3.11. The van der Waals surface area contributed by atoms with E-state index in [0.29, 0.717) is 25.7 Å². The smallest absolute Gasteiger partial charge is 0.271 e. The lowest BCUT2D eigenvalue weighted by molar-refractivity contribution is -0.384. The monoisotopic (exact) mass is 619 g/mol. The molecule has 0 atom stereocenters. The summed E-state index contributed by atoms with van der Waals surface area (Å²) in [7, 11) is 2.85. The van der Waals surface area contributed by atoms with E-state index in [-0.39, 0.29) is 29.3 Å². The molecule has 11 heteroatoms. The third-order valence-corrected chi connectivity index (χ3v) is 5.92. The van der Waals surface area contributed by atoms with Crippen LogP contribution in [0.4, 0.5) is 11.4 Å². The van der Waals surface area contributed by atoms with Gasteiger partial charge in [0.25, 0.3) is 11.6 Å². The maximum absolute atomic E-state index is 12.8. The molecule has 0 unspecified atom stereocenters. The number of rotatable bonds is 9. The van der Waals surface area contributed by atoms with Crippen LogP contribution in [-0.4, -0.2) is 25.1 Å². The summed E-state index contributed by atoms with van der Waals surface area (Å²) in [5, 5.41) is 23.8. The van der Waals surface area contributed by atoms with Crippen LogP contribution in [-0.2, 0) is 11.4 Å². The van der Waals surface area contributed by atoms with Crippen molar-refractivity contribution in [1.29, 1.82) is 5.26 Å². The minimum absolute atomic E-state index is 0.0657. The van der Waals surface area contributed by atoms with Crippen LogP contribution in [0.5, 0.6) is 17.2 Å². The predicted molar refractivity (Wildman–Crippen MR) is 143 cm³/mol. The summed E-state index contributed by atoms with van der Waals surface area (Å²) in [5.41, 5.74) is 1.04. The van der Waals surface area contributed by atoms with Crippen LogP contribution in [0.3, 0.4) is 0 Å². The molecule has 0 heterocycles. The Labute approximate surface area is 225 Å². The number of anilines is 1. The van der Waals surface area contributed by atoms with Crippen molar-refractivity contribution in [3.05, 3.63) is 90.0 Å². The summed E-state index contributed by atoms with van der Waals surface area (Å²) in [4.78, 5) is 23.3. The van der Waals surface area contributed by atoms with Gasteiger partial charge in [0, 0.05) is 17.2 Å². The first-order valence-electron chi connectivity index (χ1n) is 10.3. The van der Waals surface area contributed by atoms with Crippen molar-refractivity contribution in [2.24, 2.45) is 0 Å². The summed E-state index contributed by atoms with van der Waals surface area (Å²) in [6, 6.07) is 16.2. The van der Waals surface area contributed by atoms with Crippen LogP contribution in [0.15, 0.2) is 60.2 Å². The number of ether oxygens (including phenoxy) is 3. The molecular weight excluding hydrogens is 601 g/mol. The Morgan fingerprint density at radius 1 is 1.14 bits per heavy atom. The van der Waals surface area contributed by atoms with E-state index >= 15 is 0 Å². The van der Waals surface area contributed by atoms with Crippen LogP contribution >= 0.6 is 34.2 Å². The molecule has 0 bridgehead atoms. The predicted octanol–water partition coefficient (Wildman–Crippen LogP) is 5.99. The lowest BCUT2D eigenvalue weighted by Crippen LogP contribution is -2.14. The molecule has 184 valence electrons. The number of hydrogen-bond acceptors (Lipinski definition) is 7. The van der Waals surface area contributed by atoms with Crippen molar-refractivity contribution < 1.29 is 23.9 Å². The van der Waals surface area contributed by atoms with Crippen LogP contribution in [0.1, 0.15) is 11.1 Å². The maximum Gasteiger partial charge on any atom is 0.271 e. The summed E-state index contributed by atoms with van der Waals surface area (Å²) in [6.45, 7) is 0.287. The Bertz CT molecular complexity index is 1370. The third-order valence-electron chi connectivity index (χ3n) is 4.87. The first kappa shape index (κ1) is 26.8. The van der Waals surface area contributed by atoms with E-state index < -0.39 is 10.8 Å². The van der Waals surface area contributed by atoms with E-state index in [1.165, 1.54) is 32.4 Å². The number of hydrogen-bond donors (Lipinski definition) is 1. The van der Waals surface area contributed by atoms with Gasteiger partial charge in [-0.25, -0.2) is 0 Å². The molecule has 0 spiro atoms. The summed E-state index contributed by atoms with van der Waals surface area (Å²) < 4.78 is 17.3. The van der Waals surface area contributed by atoms with E-state index in [1.807, 2.05) is 18.2 Å². The number of benzene rings is 3. The Hall–Kier alpha value is -3.82. The fourth-order valence-corrected chi connectivity index (χ4v) is 4.02. The van der Waals surface area contributed by atoms with Crippen molar-refractivity contribution in [2.75, 3.05) is 19.5 Å². The molecule has 0 aromatic heterocycles. The lowest BCUT2D eigenvalue weighted by atomic mass is 10.1. The molecule has 0 aliphatic carbocycles. The van der Waals surface area contributed by atoms with Crippen LogP contribution in [0, 0.1) is 25.0 Å². The molecule has 0 aliphatic rings. The second kappa shape index (κ2) is 12.2. The van der Waals surface area contributed by atoms with Gasteiger partial charge in [0.1, 0.15) is 24.0 Å². The van der Waals surface area contributed by atoms with Gasteiger partial charge in [-0.15, -0.1) is 0 Å². The van der Waals surface area contributed by atoms with Crippen molar-refractivity contribution in [1.82, 2.24) is 0 Å². The zero-order valence-electron chi connectivity index (χ0n) is 19.1. The van der Waals surface area contributed by atoms with E-state index in [4.69, 9.17) is 25.8 Å². The number of nitrogens with zero attached hydrogens (tertiary/aromatic N) is 2. The molecule has 9 nitrogen and oxygen atoms in total. The van der Waals surface area contributed by atoms with Crippen molar-refractivity contribution in [2.45, 2.75) is 6.61 Å². The standard InChI is InChI=1S/C25H19ClIN3O6/c1-34-22-8-7-19(30(32)33)12-21(22)29-25(31)17(13-28)9-16-10-20(27)24(23(11-16)35-2)36-14-15-3-5-18(26)6-4-15/h3-12H,14H2,1-2H3,(H,29,31)/b17-9+. The lowest BCUT2D eigenvalue weighted by Gasteiger charge is -2.14. The maximum atomic E-state index is 12.8. The normalized spacial score (nSPS) is 10.8. The van der Waals surface area contributed by atoms with Crippen molar-refractivity contribution in [3.8, 4) is 23.3 Å². The third kappa shape index (κ3) is 6.65. The van der Waals surface area contributed by atoms with Crippen LogP contribution in [0.25, 0.3) is 6.08 Å². The summed E-state index contributed by atoms with van der Waals surface area (Å²) in [5.74, 6) is 0.382. The molecule has 3 rings (SSSR count). The Kier molecular flexibility index (Phi) is 9.10. The molecule has 1 amide bonds. The molecule has 0 aliphatic heterocycles. The number of methoxy groups -OCH3 is 2. The first-order chi connectivity index (χ1) is 17.2. The minimum Gasteiger partial charge on any atom is -0.495 e. The minimum atomic E-state index is -0.756. The molecule has 0 saturated carbocycles. The highest BCUT2D eigenvalue weighted by atomic mass is 127. The number of carbonyl (C=O) groups excluding carboxylic acids is 1. The summed E-state index contributed by atoms with van der Waals surface area (Å²) in [6.07, 6.45) is 1.38. The van der Waals surface area contributed by atoms with Gasteiger partial charge in [-0.3, -0.25) is 14.9 Å². The second-order valence-electron chi connectivity index (χ2n) is 7.21. The van der Waals surface area contributed by atoms with Gasteiger partial charge in [-0.1, -0.05) is 23.7 Å². The molecule has 1 N–H and O–H groups in total. The molecule has 0 fully saturated rings. The van der Waals surface area contributed by atoms with Gasteiger partial charge in [0.15, 0.2) is 11.5 Å². The Morgan fingerprint density at radius 2 is 1.83 bits per heavy atom. The van der Waals surface area contributed by atoms with Crippen molar-refractivity contribution >= 4 is 57.5 Å². The summed E-state index contributed by atoms with van der Waals surface area (Å²) >= 11 is 8.00. The molecule has 0 saturated heterocycles. The van der Waals surface area contributed by atoms with Crippen LogP contribution in [0.2, 0.25) is 5.02 Å². The van der Waals surface area contributed by atoms with Crippen LogP contribution < -0.4 is 19.5 Å². The zero-order chi connectivity index (χ0) is 26.2. The van der Waals surface area contributed by atoms with E-state index in [1.54, 1.807) is 24.3 Å². The van der Waals surface area contributed by atoms with E-state index in [0.717, 1.165) is 11.6 Å². The highest BCUT2D eigenvalue weighted by Crippen LogP contribution is 2.35. The van der Waals surface area contributed by atoms with Gasteiger partial charge in [0.05, 0.1) is 28.4 Å². The highest BCUT2D eigenvalue weighted by molar-refractivity contribution is 14.1. The highest BCUT2D eigenvalue weighted by Gasteiger charge is 2.17. The Morgan fingerprint density at radius 3 is 2.44 bits per heavy atom. The average Bonchev–Trinajstić information content (AvgIpc) is 2.87. The molecule has 36 heavy (non-hydrogen) atoms. The Balaban J connectivity index is 1.85. The first-order valence-corrected chi connectivity index (χ1v) is 11.7. The van der Waals surface area contributed by atoms with Gasteiger partial charge >= 0.3 is 0 Å². The second-order valence-corrected chi connectivity index (χ2v) is 8.81. The number of nitro groups is 1. The quantitative estimate of drug-likeness (QED) is 0.103. The number of nitrogens with one attached hydrogen (secondary N) is 1. The molecular formula is C25H19ClIN3O6. The topological polar surface area (TPSA) is 124 Å². The fraction of sp³-hybridized carbons (Fsp3) is 0.120. The van der Waals surface area contributed by atoms with Crippen molar-refractivity contribution in [3.63, 3.8) is 0 Å². The zero-order valence-corrected chi connectivity index (χ0v) is 22.0. The van der Waals surface area contributed by atoms with E-state index in [2.05, 4.69) is 27.9 Å². The largest absolute Gasteiger partial charge is 0.495 e. The number of carbonyl (C=O) groups is 1. The number of amides is 1. The SMILES string of the molecule is COc1ccc([N+](=O)[O-])cc1NC(=O)/C(C#N)=C/c1cc(I)c(OCc2ccc(Cl)cc2)c(OC)c1. The van der Waals surface area contributed by atoms with Gasteiger partial charge in [-0.05, 0) is 70.1 Å². The molecule has 3 aromatic carbocycles. The number of non-ortho nitro benzene ring substituents is 1. The van der Waals surface area contributed by atoms with Gasteiger partial charge < -0.3 is 19.5 Å². The average molecular weight is 620 g/mol. The van der Waals surface area contributed by atoms with E-state index in [9.17, 15) is 20.2 Å².